The van der Waals surface area contributed by atoms with Crippen LogP contribution in [-0.4, -0.2) is 31.7 Å². The molecule has 1 N–H and O–H groups in total. The normalized spacial score (nSPS) is 13.9. The number of nitrogens with zero attached hydrogens (tertiary/aromatic N) is 3. The summed E-state index contributed by atoms with van der Waals surface area (Å²) < 4.78 is 33.9. The molecule has 3 rings (SSSR count). The Hall–Kier alpha value is -2.45. The van der Waals surface area contributed by atoms with Gasteiger partial charge >= 0.3 is 0 Å². The standard InChI is InChI=1S/C21H23F2N3O2S/c1-20(2,29-11-15-4-7-17(28-3)8-5-15)21(27,12-26-14-24-13-25-26)18-9-6-16(22)10-19(18)23/h4-10,13-14,27H,11-12H2,1-3H3. The van der Waals surface area contributed by atoms with Gasteiger partial charge in [0, 0.05) is 22.1 Å². The Bertz CT molecular complexity index is 949. The molecule has 0 fully saturated rings. The number of hydrogen-bond donors (Lipinski definition) is 1. The average Bonchev–Trinajstić information content (AvgIpc) is 3.19. The highest BCUT2D eigenvalue weighted by atomic mass is 32.2. The van der Waals surface area contributed by atoms with Crippen molar-refractivity contribution < 1.29 is 18.6 Å². The molecular formula is C21H23F2N3O2S. The maximum Gasteiger partial charge on any atom is 0.137 e. The molecule has 0 spiro atoms. The summed E-state index contributed by atoms with van der Waals surface area (Å²) in [5.74, 6) is -0.155. The molecule has 1 aromatic heterocycles. The van der Waals surface area contributed by atoms with Crippen molar-refractivity contribution in [2.45, 2.75) is 36.5 Å². The van der Waals surface area contributed by atoms with Crippen LogP contribution in [0.25, 0.3) is 0 Å². The van der Waals surface area contributed by atoms with E-state index in [2.05, 4.69) is 10.1 Å². The fraction of sp³-hybridized carbons (Fsp3) is 0.333. The number of rotatable bonds is 8. The van der Waals surface area contributed by atoms with E-state index < -0.39 is 22.0 Å². The predicted molar refractivity (Wildman–Crippen MR) is 109 cm³/mol. The van der Waals surface area contributed by atoms with Gasteiger partial charge in [0.2, 0.25) is 0 Å². The van der Waals surface area contributed by atoms with Crippen molar-refractivity contribution in [3.63, 3.8) is 0 Å². The monoisotopic (exact) mass is 419 g/mol. The van der Waals surface area contributed by atoms with Gasteiger partial charge in [-0.1, -0.05) is 18.2 Å². The van der Waals surface area contributed by atoms with Gasteiger partial charge in [0.15, 0.2) is 0 Å². The minimum Gasteiger partial charge on any atom is -0.497 e. The highest BCUT2D eigenvalue weighted by Crippen LogP contribution is 2.45. The topological polar surface area (TPSA) is 60.2 Å². The second-order valence-electron chi connectivity index (χ2n) is 7.22. The van der Waals surface area contributed by atoms with Crippen LogP contribution in [0.15, 0.2) is 55.1 Å². The zero-order chi connectivity index (χ0) is 21.1. The zero-order valence-electron chi connectivity index (χ0n) is 16.5. The van der Waals surface area contributed by atoms with Crippen LogP contribution in [0.5, 0.6) is 5.75 Å². The largest absolute Gasteiger partial charge is 0.497 e. The number of halogens is 2. The number of hydrogen-bond acceptors (Lipinski definition) is 5. The Morgan fingerprint density at radius 1 is 1.14 bits per heavy atom. The molecule has 1 heterocycles. The van der Waals surface area contributed by atoms with Gasteiger partial charge in [-0.15, -0.1) is 11.8 Å². The van der Waals surface area contributed by atoms with Crippen LogP contribution >= 0.6 is 11.8 Å². The third-order valence-corrected chi connectivity index (χ3v) is 6.53. The van der Waals surface area contributed by atoms with E-state index in [0.717, 1.165) is 23.4 Å². The molecule has 0 saturated carbocycles. The number of aromatic nitrogens is 3. The van der Waals surface area contributed by atoms with Crippen LogP contribution < -0.4 is 4.74 Å². The fourth-order valence-corrected chi connectivity index (χ4v) is 4.21. The third-order valence-electron chi connectivity index (χ3n) is 4.99. The molecule has 0 aliphatic heterocycles. The number of thioether (sulfide) groups is 1. The number of aliphatic hydroxyl groups is 1. The Morgan fingerprint density at radius 3 is 2.45 bits per heavy atom. The Labute approximate surface area is 172 Å². The molecule has 0 bridgehead atoms. The lowest BCUT2D eigenvalue weighted by atomic mass is 9.82. The van der Waals surface area contributed by atoms with Gasteiger partial charge in [-0.25, -0.2) is 18.4 Å². The molecule has 8 heteroatoms. The van der Waals surface area contributed by atoms with Crippen LogP contribution in [-0.2, 0) is 17.9 Å². The summed E-state index contributed by atoms with van der Waals surface area (Å²) in [6.45, 7) is 3.64. The van der Waals surface area contributed by atoms with E-state index in [-0.39, 0.29) is 12.1 Å². The van der Waals surface area contributed by atoms with Gasteiger partial charge in [0.25, 0.3) is 0 Å². The molecule has 1 atom stereocenters. The number of benzene rings is 2. The molecule has 154 valence electrons. The molecule has 5 nitrogen and oxygen atoms in total. The molecule has 0 aliphatic rings. The van der Waals surface area contributed by atoms with Crippen LogP contribution in [0, 0.1) is 11.6 Å². The molecule has 1 unspecified atom stereocenters. The average molecular weight is 419 g/mol. The summed E-state index contributed by atoms with van der Waals surface area (Å²) in [6.07, 6.45) is 2.80. The minimum atomic E-state index is -1.67. The van der Waals surface area contributed by atoms with Crippen molar-refractivity contribution in [3.8, 4) is 5.75 Å². The van der Waals surface area contributed by atoms with Gasteiger partial charge in [-0.3, -0.25) is 0 Å². The van der Waals surface area contributed by atoms with Crippen LogP contribution in [0.2, 0.25) is 0 Å². The molecule has 0 saturated heterocycles. The maximum absolute atomic E-state index is 14.7. The molecule has 2 aromatic carbocycles. The van der Waals surface area contributed by atoms with E-state index in [4.69, 9.17) is 4.74 Å². The smallest absolute Gasteiger partial charge is 0.137 e. The lowest BCUT2D eigenvalue weighted by Gasteiger charge is -2.42. The molecule has 0 aliphatic carbocycles. The highest BCUT2D eigenvalue weighted by Gasteiger charge is 2.47. The first-order chi connectivity index (χ1) is 13.7. The first-order valence-corrected chi connectivity index (χ1v) is 10.0. The maximum atomic E-state index is 14.7. The van der Waals surface area contributed by atoms with E-state index in [1.165, 1.54) is 35.2 Å². The summed E-state index contributed by atoms with van der Waals surface area (Å²) in [4.78, 5) is 3.90. The van der Waals surface area contributed by atoms with Crippen LogP contribution in [0.1, 0.15) is 25.0 Å². The van der Waals surface area contributed by atoms with Crippen molar-refractivity contribution in [2.24, 2.45) is 0 Å². The van der Waals surface area contributed by atoms with E-state index in [1.54, 1.807) is 7.11 Å². The predicted octanol–water partition coefficient (Wildman–Crippen LogP) is 4.16. The third kappa shape index (κ3) is 4.59. The van der Waals surface area contributed by atoms with Crippen molar-refractivity contribution in [1.29, 1.82) is 0 Å². The van der Waals surface area contributed by atoms with E-state index in [0.29, 0.717) is 5.75 Å². The van der Waals surface area contributed by atoms with Gasteiger partial charge < -0.3 is 9.84 Å². The van der Waals surface area contributed by atoms with Crippen LogP contribution in [0.3, 0.4) is 0 Å². The Kier molecular flexibility index (Phi) is 6.24. The van der Waals surface area contributed by atoms with Crippen molar-refractivity contribution in [3.05, 3.63) is 77.9 Å². The molecule has 3 aromatic rings. The molecular weight excluding hydrogens is 396 g/mol. The second-order valence-corrected chi connectivity index (χ2v) is 8.82. The van der Waals surface area contributed by atoms with Crippen molar-refractivity contribution in [2.75, 3.05) is 7.11 Å². The van der Waals surface area contributed by atoms with E-state index in [9.17, 15) is 13.9 Å². The summed E-state index contributed by atoms with van der Waals surface area (Å²) in [5, 5.41) is 15.8. The molecule has 0 amide bonds. The molecule has 29 heavy (non-hydrogen) atoms. The molecule has 0 radical (unpaired) electrons. The van der Waals surface area contributed by atoms with Gasteiger partial charge in [-0.2, -0.15) is 5.10 Å². The first-order valence-electron chi connectivity index (χ1n) is 9.02. The Balaban J connectivity index is 1.92. The number of ether oxygens (including phenoxy) is 1. The second kappa shape index (κ2) is 8.51. The lowest BCUT2D eigenvalue weighted by molar-refractivity contribution is -0.0170. The highest BCUT2D eigenvalue weighted by molar-refractivity contribution is 7.99. The van der Waals surface area contributed by atoms with Gasteiger partial charge in [0.05, 0.1) is 13.7 Å². The fourth-order valence-electron chi connectivity index (χ4n) is 3.08. The zero-order valence-corrected chi connectivity index (χ0v) is 17.3. The van der Waals surface area contributed by atoms with Crippen molar-refractivity contribution >= 4 is 11.8 Å². The lowest BCUT2D eigenvalue weighted by Crippen LogP contribution is -2.49. The first kappa shape index (κ1) is 21.3. The summed E-state index contributed by atoms with van der Waals surface area (Å²) >= 11 is 1.47. The van der Waals surface area contributed by atoms with Crippen LogP contribution in [0.4, 0.5) is 8.78 Å². The Morgan fingerprint density at radius 2 is 1.86 bits per heavy atom. The quantitative estimate of drug-likeness (QED) is 0.594. The van der Waals surface area contributed by atoms with Gasteiger partial charge in [-0.05, 0) is 37.6 Å². The van der Waals surface area contributed by atoms with E-state index >= 15 is 0 Å². The van der Waals surface area contributed by atoms with Gasteiger partial charge in [0.1, 0.15) is 35.6 Å². The summed E-state index contributed by atoms with van der Waals surface area (Å²) in [5.41, 5.74) is -0.622. The summed E-state index contributed by atoms with van der Waals surface area (Å²) in [7, 11) is 1.61. The van der Waals surface area contributed by atoms with Crippen molar-refractivity contribution in [1.82, 2.24) is 14.8 Å². The van der Waals surface area contributed by atoms with E-state index in [1.807, 2.05) is 38.1 Å². The SMILES string of the molecule is COc1ccc(CSC(C)(C)C(O)(Cn2cncn2)c2ccc(F)cc2F)cc1. The number of methoxy groups -OCH3 is 1. The summed E-state index contributed by atoms with van der Waals surface area (Å²) in [6, 6.07) is 10.8. The minimum absolute atomic E-state index is 0.0154.